The lowest BCUT2D eigenvalue weighted by atomic mass is 10.2. The van der Waals surface area contributed by atoms with E-state index in [-0.39, 0.29) is 28.4 Å². The molecule has 1 heterocycles. The molecule has 0 radical (unpaired) electrons. The van der Waals surface area contributed by atoms with E-state index in [0.717, 1.165) is 11.8 Å². The van der Waals surface area contributed by atoms with Crippen molar-refractivity contribution in [1.82, 2.24) is 0 Å². The summed E-state index contributed by atoms with van der Waals surface area (Å²) in [4.78, 5) is 24.4. The molecule has 1 saturated heterocycles. The van der Waals surface area contributed by atoms with Crippen LogP contribution < -0.4 is 4.90 Å². The molecule has 1 aliphatic rings. The molecule has 1 aromatic rings. The van der Waals surface area contributed by atoms with Gasteiger partial charge >= 0.3 is 0 Å². The number of phenols is 1. The summed E-state index contributed by atoms with van der Waals surface area (Å²) in [5, 5.41) is 10.0. The van der Waals surface area contributed by atoms with Crippen LogP contribution >= 0.6 is 23.4 Å². The topological polar surface area (TPSA) is 57.6 Å². The van der Waals surface area contributed by atoms with Crippen LogP contribution in [0, 0.1) is 0 Å². The lowest BCUT2D eigenvalue weighted by molar-refractivity contribution is -0.117. The average molecular weight is 286 g/mol. The molecule has 1 aromatic carbocycles. The first-order valence-corrected chi connectivity index (χ1v) is 6.70. The normalized spacial score (nSPS) is 19.3. The third-order valence-corrected chi connectivity index (χ3v) is 3.94. The highest BCUT2D eigenvalue weighted by Crippen LogP contribution is 2.38. The van der Waals surface area contributed by atoms with Gasteiger partial charge in [-0.25, -0.2) is 0 Å². The van der Waals surface area contributed by atoms with Gasteiger partial charge in [-0.2, -0.15) is 0 Å². The number of carbonyl (C=O) groups is 2. The maximum absolute atomic E-state index is 11.9. The zero-order valence-corrected chi connectivity index (χ0v) is 11.3. The SMILES string of the molecule is CC(=O)SC1CC(=O)N(c2c(O)cccc2Cl)C1. The quantitative estimate of drug-likeness (QED) is 0.907. The molecule has 0 saturated carbocycles. The van der Waals surface area contributed by atoms with Crippen molar-refractivity contribution in [3.63, 3.8) is 0 Å². The van der Waals surface area contributed by atoms with Crippen LogP contribution in [-0.2, 0) is 9.59 Å². The molecule has 1 amide bonds. The molecule has 0 spiro atoms. The van der Waals surface area contributed by atoms with Crippen LogP contribution in [-0.4, -0.2) is 27.9 Å². The van der Waals surface area contributed by atoms with Crippen molar-refractivity contribution in [2.75, 3.05) is 11.4 Å². The number of nitrogens with zero attached hydrogens (tertiary/aromatic N) is 1. The number of thioether (sulfide) groups is 1. The first-order valence-electron chi connectivity index (χ1n) is 5.44. The lowest BCUT2D eigenvalue weighted by Gasteiger charge is -2.19. The molecule has 1 atom stereocenters. The van der Waals surface area contributed by atoms with Crippen LogP contribution in [0.15, 0.2) is 18.2 Å². The van der Waals surface area contributed by atoms with Gasteiger partial charge in [-0.05, 0) is 12.1 Å². The van der Waals surface area contributed by atoms with Gasteiger partial charge in [-0.1, -0.05) is 29.4 Å². The summed E-state index contributed by atoms with van der Waals surface area (Å²) in [6.45, 7) is 1.87. The van der Waals surface area contributed by atoms with Crippen molar-refractivity contribution in [1.29, 1.82) is 0 Å². The number of hydrogen-bond donors (Lipinski definition) is 1. The number of carbonyl (C=O) groups excluding carboxylic acids is 2. The Balaban J connectivity index is 2.24. The van der Waals surface area contributed by atoms with E-state index < -0.39 is 0 Å². The molecule has 1 aliphatic heterocycles. The Bertz CT molecular complexity index is 486. The zero-order valence-electron chi connectivity index (χ0n) is 9.72. The van der Waals surface area contributed by atoms with Crippen molar-refractivity contribution < 1.29 is 14.7 Å². The molecule has 1 N–H and O–H groups in total. The van der Waals surface area contributed by atoms with Gasteiger partial charge in [0.2, 0.25) is 5.91 Å². The van der Waals surface area contributed by atoms with Crippen molar-refractivity contribution in [3.8, 4) is 5.75 Å². The van der Waals surface area contributed by atoms with Crippen LogP contribution in [0.3, 0.4) is 0 Å². The maximum Gasteiger partial charge on any atom is 0.228 e. The highest BCUT2D eigenvalue weighted by molar-refractivity contribution is 8.14. The smallest absolute Gasteiger partial charge is 0.228 e. The predicted octanol–water partition coefficient (Wildman–Crippen LogP) is 2.43. The van der Waals surface area contributed by atoms with Gasteiger partial charge < -0.3 is 10.0 Å². The average Bonchev–Trinajstić information content (AvgIpc) is 2.58. The molecule has 6 heteroatoms. The summed E-state index contributed by atoms with van der Waals surface area (Å²) in [5.74, 6) is -0.151. The lowest BCUT2D eigenvalue weighted by Crippen LogP contribution is -2.25. The Labute approximate surface area is 114 Å². The van der Waals surface area contributed by atoms with E-state index in [2.05, 4.69) is 0 Å². The van der Waals surface area contributed by atoms with Gasteiger partial charge in [0.15, 0.2) is 5.12 Å². The van der Waals surface area contributed by atoms with Crippen molar-refractivity contribution >= 4 is 40.1 Å². The second-order valence-corrected chi connectivity index (χ2v) is 5.93. The van der Waals surface area contributed by atoms with Gasteiger partial charge in [0.1, 0.15) is 11.4 Å². The number of amides is 1. The molecule has 0 aromatic heterocycles. The third-order valence-electron chi connectivity index (χ3n) is 2.66. The number of anilines is 1. The summed E-state index contributed by atoms with van der Waals surface area (Å²) >= 11 is 7.15. The van der Waals surface area contributed by atoms with E-state index >= 15 is 0 Å². The minimum atomic E-state index is -0.128. The molecule has 0 aliphatic carbocycles. The summed E-state index contributed by atoms with van der Waals surface area (Å²) in [6.07, 6.45) is 0.287. The highest BCUT2D eigenvalue weighted by atomic mass is 35.5. The first-order chi connectivity index (χ1) is 8.49. The van der Waals surface area contributed by atoms with E-state index in [0.29, 0.717) is 17.3 Å². The Morgan fingerprint density at radius 2 is 2.28 bits per heavy atom. The Morgan fingerprint density at radius 1 is 1.56 bits per heavy atom. The van der Waals surface area contributed by atoms with E-state index in [9.17, 15) is 14.7 Å². The second kappa shape index (κ2) is 5.20. The minimum Gasteiger partial charge on any atom is -0.506 e. The van der Waals surface area contributed by atoms with E-state index in [1.54, 1.807) is 12.1 Å². The van der Waals surface area contributed by atoms with Crippen molar-refractivity contribution in [2.45, 2.75) is 18.6 Å². The fraction of sp³-hybridized carbons (Fsp3) is 0.333. The van der Waals surface area contributed by atoms with Gasteiger partial charge in [-0.15, -0.1) is 0 Å². The Kier molecular flexibility index (Phi) is 3.82. The van der Waals surface area contributed by atoms with Gasteiger partial charge in [0.25, 0.3) is 0 Å². The number of aromatic hydroxyl groups is 1. The van der Waals surface area contributed by atoms with Crippen molar-refractivity contribution in [2.24, 2.45) is 0 Å². The molecule has 1 unspecified atom stereocenters. The molecule has 0 bridgehead atoms. The molecule has 96 valence electrons. The number of rotatable bonds is 2. The van der Waals surface area contributed by atoms with Crippen LogP contribution in [0.2, 0.25) is 5.02 Å². The first kappa shape index (κ1) is 13.2. The summed E-state index contributed by atoms with van der Waals surface area (Å²) in [6, 6.07) is 4.72. The minimum absolute atomic E-state index is 0.0157. The largest absolute Gasteiger partial charge is 0.506 e. The van der Waals surface area contributed by atoms with E-state index in [4.69, 9.17) is 11.6 Å². The van der Waals surface area contributed by atoms with Crippen LogP contribution in [0.25, 0.3) is 0 Å². The number of benzene rings is 1. The molecule has 18 heavy (non-hydrogen) atoms. The molecule has 2 rings (SSSR count). The summed E-state index contributed by atoms with van der Waals surface area (Å²) in [5.41, 5.74) is 0.329. The standard InChI is InChI=1S/C12H12ClNO3S/c1-7(15)18-8-5-11(17)14(6-8)12-9(13)3-2-4-10(12)16/h2-4,8,16H,5-6H2,1H3. The highest BCUT2D eigenvalue weighted by Gasteiger charge is 2.34. The predicted molar refractivity (Wildman–Crippen MR) is 72.1 cm³/mol. The third kappa shape index (κ3) is 2.62. The van der Waals surface area contributed by atoms with Gasteiger partial charge in [-0.3, -0.25) is 9.59 Å². The molecule has 1 fully saturated rings. The fourth-order valence-electron chi connectivity index (χ4n) is 1.98. The number of phenolic OH excluding ortho intramolecular Hbond substituents is 1. The molecular weight excluding hydrogens is 274 g/mol. The number of halogens is 1. The van der Waals surface area contributed by atoms with Crippen LogP contribution in [0.5, 0.6) is 5.75 Å². The Morgan fingerprint density at radius 3 is 2.89 bits per heavy atom. The second-order valence-electron chi connectivity index (χ2n) is 4.05. The van der Waals surface area contributed by atoms with Crippen LogP contribution in [0.4, 0.5) is 5.69 Å². The number of para-hydroxylation sites is 1. The van der Waals surface area contributed by atoms with Gasteiger partial charge in [0, 0.05) is 25.1 Å². The van der Waals surface area contributed by atoms with Crippen molar-refractivity contribution in [3.05, 3.63) is 23.2 Å². The fourth-order valence-corrected chi connectivity index (χ4v) is 3.17. The monoisotopic (exact) mass is 285 g/mol. The molecular formula is C12H12ClNO3S. The Hall–Kier alpha value is -1.20. The van der Waals surface area contributed by atoms with E-state index in [1.807, 2.05) is 0 Å². The van der Waals surface area contributed by atoms with Gasteiger partial charge in [0.05, 0.1) is 5.02 Å². The number of hydrogen-bond acceptors (Lipinski definition) is 4. The summed E-state index contributed by atoms with van der Waals surface area (Å²) in [7, 11) is 0. The zero-order chi connectivity index (χ0) is 13.3. The van der Waals surface area contributed by atoms with E-state index in [1.165, 1.54) is 17.9 Å². The maximum atomic E-state index is 11.9. The summed E-state index contributed by atoms with van der Waals surface area (Å²) < 4.78 is 0. The van der Waals surface area contributed by atoms with Crippen LogP contribution in [0.1, 0.15) is 13.3 Å². The molecule has 4 nitrogen and oxygen atoms in total.